The van der Waals surface area contributed by atoms with Crippen molar-refractivity contribution in [3.8, 4) is 0 Å². The maximum atomic E-state index is 13.4. The molecule has 0 saturated heterocycles. The highest BCUT2D eigenvalue weighted by Crippen LogP contribution is 2.25. The van der Waals surface area contributed by atoms with E-state index in [9.17, 15) is 56.7 Å². The largest absolute Gasteiger partial charge is 0.726 e. The Morgan fingerprint density at radius 3 is 2.07 bits per heavy atom. The van der Waals surface area contributed by atoms with Crippen LogP contribution in [0.15, 0.2) is 9.98 Å². The van der Waals surface area contributed by atoms with E-state index in [-0.39, 0.29) is 28.2 Å². The highest BCUT2D eigenvalue weighted by Gasteiger charge is 2.41. The van der Waals surface area contributed by atoms with Gasteiger partial charge in [-0.25, -0.2) is 23.2 Å². The molecule has 0 saturated carbocycles. The Morgan fingerprint density at radius 1 is 0.964 bits per heavy atom. The molecule has 2 aliphatic heterocycles. The number of ether oxygens (including phenoxy) is 1. The van der Waals surface area contributed by atoms with Crippen LogP contribution < -0.4 is 37.5 Å². The minimum Gasteiger partial charge on any atom is -0.726 e. The topological polar surface area (TPSA) is 365 Å². The first-order chi connectivity index (χ1) is 25.9. The number of ketones is 4. The third-order valence-corrected chi connectivity index (χ3v) is 9.62. The van der Waals surface area contributed by atoms with Gasteiger partial charge in [-0.3, -0.25) is 44.6 Å². The minimum absolute atomic E-state index is 0.00587. The first-order valence-corrected chi connectivity index (χ1v) is 19.1. The van der Waals surface area contributed by atoms with Crippen LogP contribution in [-0.2, 0) is 52.9 Å². The Labute approximate surface area is 331 Å². The third kappa shape index (κ3) is 14.4. The van der Waals surface area contributed by atoms with E-state index >= 15 is 0 Å². The summed E-state index contributed by atoms with van der Waals surface area (Å²) in [6.07, 6.45) is -3.16. The molecule has 22 nitrogen and oxygen atoms in total. The normalized spacial score (nSPS) is 19.8. The van der Waals surface area contributed by atoms with Gasteiger partial charge in [-0.15, -0.1) is 0 Å². The molecule has 0 aromatic rings. The van der Waals surface area contributed by atoms with Crippen LogP contribution in [0.1, 0.15) is 59.8 Å². The fourth-order valence-electron chi connectivity index (χ4n) is 5.12. The summed E-state index contributed by atoms with van der Waals surface area (Å²) in [6, 6.07) is -5.18. The molecule has 0 aliphatic carbocycles. The lowest BCUT2D eigenvalue weighted by Crippen LogP contribution is -2.78. The second-order valence-corrected chi connectivity index (χ2v) is 14.8. The molecule has 0 fully saturated rings. The predicted molar refractivity (Wildman–Crippen MR) is 198 cm³/mol. The number of nitrogens with two attached hydrogens (primary N) is 2. The fraction of sp³-hybridized carbons (Fsp3) is 0.613. The van der Waals surface area contributed by atoms with Crippen LogP contribution in [0.3, 0.4) is 0 Å². The average Bonchev–Trinajstić information content (AvgIpc) is 3.68. The van der Waals surface area contributed by atoms with E-state index in [2.05, 4.69) is 35.1 Å². The number of carboxylic acids is 1. The predicted octanol–water partition coefficient (Wildman–Crippen LogP) is -6.12. The van der Waals surface area contributed by atoms with Gasteiger partial charge in [0.25, 0.3) is 5.91 Å². The van der Waals surface area contributed by atoms with Crippen molar-refractivity contribution in [3.05, 3.63) is 0 Å². The van der Waals surface area contributed by atoms with Gasteiger partial charge >= 0.3 is 11.9 Å². The van der Waals surface area contributed by atoms with Crippen LogP contribution in [-0.4, -0.2) is 130 Å². The molecule has 310 valence electrons. The molecule has 25 heteroatoms. The number of amides is 1. The summed E-state index contributed by atoms with van der Waals surface area (Å²) >= 11 is 10.4. The summed E-state index contributed by atoms with van der Waals surface area (Å²) in [6.45, 7) is 4.43. The number of hydrogen-bond acceptors (Lipinski definition) is 18. The van der Waals surface area contributed by atoms with E-state index in [1.165, 1.54) is 20.8 Å². The molecule has 1 amide bonds. The van der Waals surface area contributed by atoms with Crippen LogP contribution >= 0.6 is 24.4 Å². The van der Waals surface area contributed by atoms with Gasteiger partial charge in [-0.1, -0.05) is 31.4 Å². The quantitative estimate of drug-likeness (QED) is 0.00904. The number of aliphatic carboxylic acids is 1. The van der Waals surface area contributed by atoms with Crippen LogP contribution in [0.2, 0.25) is 0 Å². The molecule has 0 spiro atoms. The fourth-order valence-corrected chi connectivity index (χ4v) is 6.29. The van der Waals surface area contributed by atoms with Crippen molar-refractivity contribution in [3.63, 3.8) is 0 Å². The number of carbonyl (C=O) groups is 7. The van der Waals surface area contributed by atoms with Gasteiger partial charge in [0.1, 0.15) is 15.8 Å². The molecule has 0 aromatic carbocycles. The first kappa shape index (κ1) is 47.5. The van der Waals surface area contributed by atoms with E-state index < -0.39 is 131 Å². The van der Waals surface area contributed by atoms with Gasteiger partial charge in [0.15, 0.2) is 29.2 Å². The molecule has 8 atom stereocenters. The van der Waals surface area contributed by atoms with Crippen molar-refractivity contribution in [2.24, 2.45) is 39.2 Å². The average molecular weight is 848 g/mol. The van der Waals surface area contributed by atoms with Crippen molar-refractivity contribution in [2.75, 3.05) is 13.2 Å². The van der Waals surface area contributed by atoms with E-state index in [0.717, 1.165) is 6.92 Å². The number of cyclic esters (lactones) is 1. The third-order valence-electron chi connectivity index (χ3n) is 8.39. The van der Waals surface area contributed by atoms with Crippen LogP contribution in [0.5, 0.6) is 0 Å². The summed E-state index contributed by atoms with van der Waals surface area (Å²) < 4.78 is 44.0. The zero-order valence-corrected chi connectivity index (χ0v) is 33.0. The Bertz CT molecular complexity index is 1810. The highest BCUT2D eigenvalue weighted by atomic mass is 32.3. The molecule has 2 aliphatic rings. The Kier molecular flexibility index (Phi) is 17.8. The Balaban J connectivity index is 2.15. The van der Waals surface area contributed by atoms with E-state index in [4.69, 9.17) is 40.6 Å². The summed E-state index contributed by atoms with van der Waals surface area (Å²) in [5, 5.41) is 28.6. The van der Waals surface area contributed by atoms with E-state index in [1.807, 2.05) is 0 Å². The van der Waals surface area contributed by atoms with Crippen molar-refractivity contribution in [1.29, 1.82) is 0 Å². The number of esters is 1. The highest BCUT2D eigenvalue weighted by molar-refractivity contribution is 7.81. The number of amidine groups is 1. The minimum atomic E-state index is -5.38. The van der Waals surface area contributed by atoms with Crippen molar-refractivity contribution in [1.82, 2.24) is 16.0 Å². The van der Waals surface area contributed by atoms with Gasteiger partial charge in [-0.2, -0.15) is 0 Å². The SMILES string of the molecule is CC(CC(=O)C(C)NC(=S)C1N=C(C(CC(=O)C(CO)CC(=O)C(C)NC(=S)C2N=C(C(=O)CCC[NH+]=C(N)N)NC2=O)C(C)OS(=O)(=O)[O-])OC1=O)C(=O)[O-]. The molecule has 56 heavy (non-hydrogen) atoms. The number of aliphatic hydroxyl groups is 1. The van der Waals surface area contributed by atoms with Gasteiger partial charge in [-0.05, 0) is 27.2 Å². The Morgan fingerprint density at radius 2 is 1.54 bits per heavy atom. The lowest BCUT2D eigenvalue weighted by Gasteiger charge is -2.25. The number of Topliss-reactive ketones (excluding diaryl/α,β-unsaturated/α-hetero) is 4. The maximum absolute atomic E-state index is 13.4. The van der Waals surface area contributed by atoms with Gasteiger partial charge in [0.05, 0.1) is 37.3 Å². The molecular formula is C31H43N8O14S3-. The second-order valence-electron chi connectivity index (χ2n) is 13.0. The summed E-state index contributed by atoms with van der Waals surface area (Å²) in [4.78, 5) is 97.9. The number of carboxylic acid groups (broad SMARTS) is 1. The molecule has 2 rings (SSSR count). The summed E-state index contributed by atoms with van der Waals surface area (Å²) in [5.41, 5.74) is 10.6. The molecule has 9 N–H and O–H groups in total. The standard InChI is InChI=1S/C31H44N8O14S3/c1-12(29(46)47)8-19(42)13(2)36-28(55)23-30(48)52-26(38-23)17(15(4)53-56(49,50)51)10-21(44)16(11-40)9-20(43)14(3)35-27(54)22-25(45)39-24(37-22)18(41)6-5-7-34-31(32)33/h12-17,22-23,40H,5-11H2,1-4H3,(H,35,54)(H,36,55)(H,46,47)(H4,32,33,34)(H,37,39,45)(H,49,50,51)/p-1. The number of hydrogen-bond donors (Lipinski definition) is 7. The van der Waals surface area contributed by atoms with Gasteiger partial charge in [0, 0.05) is 43.5 Å². The van der Waals surface area contributed by atoms with Crippen molar-refractivity contribution in [2.45, 2.75) is 90.1 Å². The monoisotopic (exact) mass is 847 g/mol. The first-order valence-electron chi connectivity index (χ1n) is 16.9. The number of guanidine groups is 1. The number of aliphatic imine (C=N–C) groups is 2. The molecule has 2 heterocycles. The molecule has 8 unspecified atom stereocenters. The summed E-state index contributed by atoms with van der Waals surface area (Å²) in [7, 11) is -5.38. The van der Waals surface area contributed by atoms with Crippen LogP contribution in [0, 0.1) is 17.8 Å². The zero-order valence-electron chi connectivity index (χ0n) is 30.6. The number of carbonyl (C=O) groups excluding carboxylic acids is 7. The lowest BCUT2D eigenvalue weighted by molar-refractivity contribution is -0.459. The number of nitrogens with one attached hydrogen (secondary N) is 4. The molecule has 0 radical (unpaired) electrons. The smallest absolute Gasteiger partial charge is 0.344 e. The maximum Gasteiger partial charge on any atom is 0.344 e. The number of nitrogens with zero attached hydrogens (tertiary/aromatic N) is 2. The van der Waals surface area contributed by atoms with Crippen LogP contribution in [0.25, 0.3) is 0 Å². The van der Waals surface area contributed by atoms with E-state index in [1.54, 1.807) is 0 Å². The molecule has 0 bridgehead atoms. The molecular weight excluding hydrogens is 805 g/mol. The van der Waals surface area contributed by atoms with Gasteiger partial charge in [0.2, 0.25) is 22.3 Å². The van der Waals surface area contributed by atoms with Crippen molar-refractivity contribution < 1.29 is 70.7 Å². The molecule has 0 aromatic heterocycles. The van der Waals surface area contributed by atoms with E-state index in [0.29, 0.717) is 13.0 Å². The number of thiocarbonyl (C=S) groups is 2. The Hall–Kier alpha value is -4.69. The zero-order chi connectivity index (χ0) is 42.7. The van der Waals surface area contributed by atoms with Crippen LogP contribution in [0.4, 0.5) is 0 Å². The second kappa shape index (κ2) is 21.0. The number of rotatable bonds is 24. The summed E-state index contributed by atoms with van der Waals surface area (Å²) in [5.74, 6) is -10.8. The number of aliphatic hydroxyl groups excluding tert-OH is 1. The van der Waals surface area contributed by atoms with Gasteiger partial charge < -0.3 is 40.2 Å². The lowest BCUT2D eigenvalue weighted by atomic mass is 9.88. The van der Waals surface area contributed by atoms with Crippen molar-refractivity contribution >= 4 is 103 Å².